The highest BCUT2D eigenvalue weighted by Gasteiger charge is 2.85. The van der Waals surface area contributed by atoms with Gasteiger partial charge in [0.15, 0.2) is 0 Å². The van der Waals surface area contributed by atoms with Crippen LogP contribution in [0.4, 0.5) is 39.5 Å². The van der Waals surface area contributed by atoms with Crippen molar-refractivity contribution in [2.45, 2.75) is 126 Å². The Morgan fingerprint density at radius 1 is 0.830 bits per heavy atom. The van der Waals surface area contributed by atoms with Crippen molar-refractivity contribution < 1.29 is 53.8 Å². The Bertz CT molecular complexity index is 1360. The first kappa shape index (κ1) is 41.9. The summed E-state index contributed by atoms with van der Waals surface area (Å²) in [5.74, 6) is 1.97. The molecule has 4 aliphatic rings. The number of hydrogen-bond donors (Lipinski definition) is 0. The zero-order valence-electron chi connectivity index (χ0n) is 31.1. The number of amides is 1. The van der Waals surface area contributed by atoms with Crippen molar-refractivity contribution in [1.29, 1.82) is 0 Å². The largest absolute Gasteiger partial charge is 0.494 e. The van der Waals surface area contributed by atoms with Crippen LogP contribution in [-0.2, 0) is 16.0 Å². The average Bonchev–Trinajstić information content (AvgIpc) is 3.72. The molecule has 0 aliphatic heterocycles. The summed E-state index contributed by atoms with van der Waals surface area (Å²) < 4.78 is 128. The summed E-state index contributed by atoms with van der Waals surface area (Å²) in [7, 11) is 5.37. The molecule has 0 bridgehead atoms. The molecule has 0 spiro atoms. The smallest absolute Gasteiger partial charge is 0.435 e. The molecule has 0 saturated heterocycles. The third-order valence-electron chi connectivity index (χ3n) is 13.0. The molecule has 15 heteroatoms. The van der Waals surface area contributed by atoms with Crippen LogP contribution in [0.15, 0.2) is 18.2 Å². The van der Waals surface area contributed by atoms with E-state index in [0.717, 1.165) is 57.2 Å². The maximum absolute atomic E-state index is 13.4. The van der Waals surface area contributed by atoms with Gasteiger partial charge in [-0.15, -0.1) is 0 Å². The summed E-state index contributed by atoms with van der Waals surface area (Å²) in [6.07, 6.45) is -8.95. The number of rotatable bonds is 14. The van der Waals surface area contributed by atoms with E-state index >= 15 is 0 Å². The minimum atomic E-state index is -6.77. The monoisotopic (exact) mass is 771 g/mol. The molecule has 53 heavy (non-hydrogen) atoms. The van der Waals surface area contributed by atoms with Crippen molar-refractivity contribution in [1.82, 2.24) is 14.7 Å². The van der Waals surface area contributed by atoms with Gasteiger partial charge < -0.3 is 19.3 Å². The number of benzene rings is 1. The second-order valence-corrected chi connectivity index (χ2v) is 16.2. The molecule has 4 aliphatic carbocycles. The number of carbonyl (C=O) groups excluding carboxylic acids is 1. The van der Waals surface area contributed by atoms with Crippen molar-refractivity contribution in [3.05, 3.63) is 29.3 Å². The Kier molecular flexibility index (Phi) is 12.7. The molecule has 0 heterocycles. The third-order valence-corrected chi connectivity index (χ3v) is 13.0. The Balaban J connectivity index is 1.11. The summed E-state index contributed by atoms with van der Waals surface area (Å²) in [6.45, 7) is 2.06. The van der Waals surface area contributed by atoms with E-state index in [9.17, 15) is 44.3 Å². The van der Waals surface area contributed by atoms with E-state index in [0.29, 0.717) is 30.4 Å². The first-order chi connectivity index (χ1) is 24.7. The van der Waals surface area contributed by atoms with Crippen LogP contribution in [0.3, 0.4) is 0 Å². The van der Waals surface area contributed by atoms with Crippen molar-refractivity contribution in [2.24, 2.45) is 17.3 Å². The third kappa shape index (κ3) is 8.46. The first-order valence-electron chi connectivity index (χ1n) is 19.0. The summed E-state index contributed by atoms with van der Waals surface area (Å²) in [4.78, 5) is 18.9. The topological polar surface area (TPSA) is 45.3 Å². The maximum atomic E-state index is 13.4. The van der Waals surface area contributed by atoms with Gasteiger partial charge in [-0.25, -0.2) is 0 Å². The molecule has 3 unspecified atom stereocenters. The number of aryl methyl sites for hydroxylation is 1. The molecule has 0 radical (unpaired) electrons. The quantitative estimate of drug-likeness (QED) is 0.140. The lowest BCUT2D eigenvalue weighted by Gasteiger charge is -2.52. The Hall–Kier alpha value is -2.26. The average molecular weight is 772 g/mol. The first-order valence-corrected chi connectivity index (χ1v) is 19.0. The molecule has 1 aromatic carbocycles. The molecular formula is C38H54F9N3O3. The lowest BCUT2D eigenvalue weighted by molar-refractivity contribution is -0.457. The van der Waals surface area contributed by atoms with Gasteiger partial charge in [-0.3, -0.25) is 9.69 Å². The predicted octanol–water partition coefficient (Wildman–Crippen LogP) is 8.78. The molecule has 1 aromatic rings. The lowest BCUT2D eigenvalue weighted by atomic mass is 9.55. The van der Waals surface area contributed by atoms with Crippen LogP contribution in [0.1, 0.15) is 94.6 Å². The van der Waals surface area contributed by atoms with Gasteiger partial charge in [0, 0.05) is 38.8 Å². The molecule has 302 valence electrons. The van der Waals surface area contributed by atoms with E-state index in [-0.39, 0.29) is 30.5 Å². The van der Waals surface area contributed by atoms with Crippen LogP contribution < -0.4 is 4.74 Å². The van der Waals surface area contributed by atoms with Crippen LogP contribution in [0.25, 0.3) is 0 Å². The van der Waals surface area contributed by atoms with Crippen molar-refractivity contribution in [3.63, 3.8) is 0 Å². The van der Waals surface area contributed by atoms with E-state index in [1.807, 2.05) is 0 Å². The molecule has 5 rings (SSSR count). The van der Waals surface area contributed by atoms with Gasteiger partial charge in [0.05, 0.1) is 13.2 Å². The van der Waals surface area contributed by atoms with Crippen molar-refractivity contribution >= 4 is 5.91 Å². The van der Waals surface area contributed by atoms with Gasteiger partial charge in [0.2, 0.25) is 5.91 Å². The van der Waals surface area contributed by atoms with E-state index < -0.39 is 37.2 Å². The van der Waals surface area contributed by atoms with Gasteiger partial charge in [-0.05, 0) is 125 Å². The second-order valence-electron chi connectivity index (χ2n) is 16.2. The van der Waals surface area contributed by atoms with Crippen LogP contribution >= 0.6 is 0 Å². The van der Waals surface area contributed by atoms with Crippen molar-refractivity contribution in [2.75, 3.05) is 54.0 Å². The van der Waals surface area contributed by atoms with E-state index in [1.54, 1.807) is 11.9 Å². The number of nitrogens with zero attached hydrogens (tertiary/aromatic N) is 3. The van der Waals surface area contributed by atoms with Gasteiger partial charge in [0.25, 0.3) is 0 Å². The normalized spacial score (nSPS) is 26.8. The predicted molar refractivity (Wildman–Crippen MR) is 182 cm³/mol. The summed E-state index contributed by atoms with van der Waals surface area (Å²) >= 11 is 0. The second kappa shape index (κ2) is 16.1. The number of carbonyl (C=O) groups is 1. The molecule has 0 aromatic heterocycles. The Morgan fingerprint density at radius 2 is 1.47 bits per heavy atom. The van der Waals surface area contributed by atoms with Crippen LogP contribution in [-0.4, -0.2) is 111 Å². The molecule has 6 nitrogen and oxygen atoms in total. The maximum Gasteiger partial charge on any atom is 0.435 e. The summed E-state index contributed by atoms with van der Waals surface area (Å²) in [6, 6.07) is 7.21. The molecule has 3 saturated carbocycles. The molecule has 5 atom stereocenters. The zero-order valence-corrected chi connectivity index (χ0v) is 31.1. The molecule has 0 N–H and O–H groups in total. The minimum Gasteiger partial charge on any atom is -0.494 e. The highest BCUT2D eigenvalue weighted by molar-refractivity contribution is 5.78. The lowest BCUT2D eigenvalue weighted by Crippen LogP contribution is -2.67. The highest BCUT2D eigenvalue weighted by Crippen LogP contribution is 2.62. The minimum absolute atomic E-state index is 0.0476. The van der Waals surface area contributed by atoms with E-state index in [2.05, 4.69) is 41.8 Å². The zero-order chi connectivity index (χ0) is 39.0. The van der Waals surface area contributed by atoms with Gasteiger partial charge in [-0.1, -0.05) is 25.8 Å². The molecule has 3 fully saturated rings. The van der Waals surface area contributed by atoms with Gasteiger partial charge >= 0.3 is 24.1 Å². The Morgan fingerprint density at radius 3 is 2.11 bits per heavy atom. The fourth-order valence-electron chi connectivity index (χ4n) is 10.2. The number of fused-ring (bicyclic) bond motifs is 5. The van der Waals surface area contributed by atoms with Gasteiger partial charge in [-0.2, -0.15) is 39.5 Å². The Labute approximate surface area is 306 Å². The van der Waals surface area contributed by atoms with E-state index in [1.165, 1.54) is 48.8 Å². The van der Waals surface area contributed by atoms with Crippen LogP contribution in [0.2, 0.25) is 0 Å². The SMILES string of the molecule is CN(CCCOC(C(F)(F)F)(C(F)(F)F)C(F)(F)F)CC(=O)N(C)[C@H]1CCC2C3CCc4cc(OCCCN(C)C5CCCC5)ccc4C3CC[C@@]21C. The molecule has 1 amide bonds. The molecular weight excluding hydrogens is 717 g/mol. The summed E-state index contributed by atoms with van der Waals surface area (Å²) in [5.41, 5.74) is -3.67. The van der Waals surface area contributed by atoms with E-state index in [4.69, 9.17) is 4.74 Å². The number of ether oxygens (including phenoxy) is 2. The van der Waals surface area contributed by atoms with Crippen LogP contribution in [0, 0.1) is 17.3 Å². The van der Waals surface area contributed by atoms with Crippen LogP contribution in [0.5, 0.6) is 5.75 Å². The summed E-state index contributed by atoms with van der Waals surface area (Å²) in [5, 5.41) is 0. The standard InChI is InChI=1S/C38H54F9N3O3/c1-34-18-17-29-28-14-12-27(52-21-8-20-49(3)26-9-5-6-10-26)23-25(28)11-13-30(29)31(34)15-16-32(34)50(4)33(51)24-48(2)19-7-22-53-35(36(39,40)41,37(42,43)44)38(45,46)47/h12,14,23,26,29-32H,5-11,13,15-22,24H2,1-4H3/t29?,30?,31?,32-,34-/m0/s1. The van der Waals surface area contributed by atoms with Gasteiger partial charge in [0.1, 0.15) is 5.75 Å². The number of halogens is 9. The number of likely N-dealkylation sites (N-methyl/N-ethyl adjacent to an activating group) is 2. The number of alkyl halides is 9. The van der Waals surface area contributed by atoms with Crippen molar-refractivity contribution in [3.8, 4) is 5.75 Å². The number of hydrogen-bond acceptors (Lipinski definition) is 5. The fourth-order valence-corrected chi connectivity index (χ4v) is 10.2. The highest BCUT2D eigenvalue weighted by atomic mass is 19.4. The fraction of sp³-hybridized carbons (Fsp3) is 0.816.